The van der Waals surface area contributed by atoms with Gasteiger partial charge in [0.1, 0.15) is 18.1 Å². The second-order valence-electron chi connectivity index (χ2n) is 3.64. The van der Waals surface area contributed by atoms with Crippen molar-refractivity contribution in [2.45, 2.75) is 13.5 Å². The number of benzene rings is 1. The molecule has 3 nitrogen and oxygen atoms in total. The van der Waals surface area contributed by atoms with Crippen LogP contribution in [0.25, 0.3) is 0 Å². The van der Waals surface area contributed by atoms with Crippen molar-refractivity contribution in [1.29, 1.82) is 0 Å². The van der Waals surface area contributed by atoms with Gasteiger partial charge < -0.3 is 9.15 Å². The number of halogens is 1. The lowest BCUT2D eigenvalue weighted by molar-refractivity contribution is 0.300. The summed E-state index contributed by atoms with van der Waals surface area (Å²) in [6, 6.07) is 10.3. The second kappa shape index (κ2) is 5.06. The molecule has 1 aromatic heterocycles. The highest BCUT2D eigenvalue weighted by molar-refractivity contribution is 6.30. The van der Waals surface area contributed by atoms with E-state index in [4.69, 9.17) is 20.8 Å². The van der Waals surface area contributed by atoms with Gasteiger partial charge in [-0.05, 0) is 24.6 Å². The van der Waals surface area contributed by atoms with E-state index in [1.165, 1.54) is 6.07 Å². The summed E-state index contributed by atoms with van der Waals surface area (Å²) in [4.78, 5) is 11.1. The molecule has 0 aliphatic heterocycles. The standard InChI is InChI=1S/C13H11ClO3/c1-9-6-12(7-13(15)17-9)16-8-10-2-4-11(14)5-3-10/h2-7H,8H2,1H3. The lowest BCUT2D eigenvalue weighted by atomic mass is 10.2. The van der Waals surface area contributed by atoms with Crippen molar-refractivity contribution in [2.24, 2.45) is 0 Å². The molecular weight excluding hydrogens is 240 g/mol. The van der Waals surface area contributed by atoms with E-state index < -0.39 is 5.63 Å². The van der Waals surface area contributed by atoms with Crippen molar-refractivity contribution in [2.75, 3.05) is 0 Å². The minimum Gasteiger partial charge on any atom is -0.489 e. The van der Waals surface area contributed by atoms with Gasteiger partial charge in [-0.2, -0.15) is 0 Å². The van der Waals surface area contributed by atoms with Gasteiger partial charge in [0.25, 0.3) is 0 Å². The number of ether oxygens (including phenoxy) is 1. The van der Waals surface area contributed by atoms with Crippen molar-refractivity contribution in [3.63, 3.8) is 0 Å². The van der Waals surface area contributed by atoms with Gasteiger partial charge in [0.15, 0.2) is 0 Å². The maximum atomic E-state index is 11.1. The molecule has 0 radical (unpaired) electrons. The molecule has 2 aromatic rings. The fraction of sp³-hybridized carbons (Fsp3) is 0.154. The molecule has 0 saturated heterocycles. The van der Waals surface area contributed by atoms with Crippen LogP contribution in [0, 0.1) is 6.92 Å². The highest BCUT2D eigenvalue weighted by Gasteiger charge is 2.00. The van der Waals surface area contributed by atoms with Crippen molar-refractivity contribution in [1.82, 2.24) is 0 Å². The first kappa shape index (κ1) is 11.7. The van der Waals surface area contributed by atoms with Gasteiger partial charge in [-0.15, -0.1) is 0 Å². The largest absolute Gasteiger partial charge is 0.489 e. The lowest BCUT2D eigenvalue weighted by Crippen LogP contribution is -2.01. The molecule has 0 atom stereocenters. The Morgan fingerprint density at radius 1 is 1.24 bits per heavy atom. The smallest absolute Gasteiger partial charge is 0.339 e. The predicted octanol–water partition coefficient (Wildman–Crippen LogP) is 3.18. The predicted molar refractivity (Wildman–Crippen MR) is 65.5 cm³/mol. The molecule has 1 heterocycles. The Balaban J connectivity index is 2.07. The summed E-state index contributed by atoms with van der Waals surface area (Å²) >= 11 is 5.78. The molecule has 0 spiro atoms. The zero-order valence-electron chi connectivity index (χ0n) is 9.27. The average molecular weight is 251 g/mol. The summed E-state index contributed by atoms with van der Waals surface area (Å²) in [6.07, 6.45) is 0. The van der Waals surface area contributed by atoms with Crippen LogP contribution in [-0.2, 0) is 6.61 Å². The van der Waals surface area contributed by atoms with E-state index in [-0.39, 0.29) is 0 Å². The van der Waals surface area contributed by atoms with Gasteiger partial charge in [-0.25, -0.2) is 4.79 Å². The molecule has 0 amide bonds. The van der Waals surface area contributed by atoms with Crippen LogP contribution in [0.1, 0.15) is 11.3 Å². The zero-order valence-corrected chi connectivity index (χ0v) is 10.0. The van der Waals surface area contributed by atoms with E-state index >= 15 is 0 Å². The number of hydrogen-bond acceptors (Lipinski definition) is 3. The topological polar surface area (TPSA) is 39.4 Å². The normalized spacial score (nSPS) is 10.2. The van der Waals surface area contributed by atoms with E-state index in [1.807, 2.05) is 12.1 Å². The first-order valence-electron chi connectivity index (χ1n) is 5.12. The minimum atomic E-state index is -0.406. The SMILES string of the molecule is Cc1cc(OCc2ccc(Cl)cc2)cc(=O)o1. The van der Waals surface area contributed by atoms with Crippen LogP contribution in [-0.4, -0.2) is 0 Å². The Morgan fingerprint density at radius 3 is 2.59 bits per heavy atom. The molecule has 4 heteroatoms. The van der Waals surface area contributed by atoms with E-state index in [9.17, 15) is 4.79 Å². The van der Waals surface area contributed by atoms with Gasteiger partial charge in [0.05, 0.1) is 6.07 Å². The molecule has 2 rings (SSSR count). The molecule has 0 N–H and O–H groups in total. The number of hydrogen-bond donors (Lipinski definition) is 0. The van der Waals surface area contributed by atoms with Crippen LogP contribution >= 0.6 is 11.6 Å². The zero-order chi connectivity index (χ0) is 12.3. The third kappa shape index (κ3) is 3.36. The number of aryl methyl sites for hydroxylation is 1. The van der Waals surface area contributed by atoms with Gasteiger partial charge in [-0.3, -0.25) is 0 Å². The molecule has 0 aliphatic rings. The minimum absolute atomic E-state index is 0.389. The third-order valence-corrected chi connectivity index (χ3v) is 2.44. The summed E-state index contributed by atoms with van der Waals surface area (Å²) in [5.41, 5.74) is 0.580. The van der Waals surface area contributed by atoms with Crippen molar-refractivity contribution in [3.05, 3.63) is 63.2 Å². The molecule has 0 fully saturated rings. The van der Waals surface area contributed by atoms with Crippen LogP contribution in [0.4, 0.5) is 0 Å². The van der Waals surface area contributed by atoms with Crippen LogP contribution in [0.5, 0.6) is 5.75 Å². The summed E-state index contributed by atoms with van der Waals surface area (Å²) in [7, 11) is 0. The maximum absolute atomic E-state index is 11.1. The van der Waals surface area contributed by atoms with Crippen LogP contribution < -0.4 is 10.4 Å². The third-order valence-electron chi connectivity index (χ3n) is 2.19. The van der Waals surface area contributed by atoms with E-state index in [0.29, 0.717) is 23.1 Å². The van der Waals surface area contributed by atoms with Crippen molar-refractivity contribution >= 4 is 11.6 Å². The Hall–Kier alpha value is -1.74. The molecule has 0 unspecified atom stereocenters. The first-order chi connectivity index (χ1) is 8.13. The highest BCUT2D eigenvalue weighted by Crippen LogP contribution is 2.14. The van der Waals surface area contributed by atoms with Crippen LogP contribution in [0.2, 0.25) is 5.02 Å². The average Bonchev–Trinajstić information content (AvgIpc) is 2.27. The summed E-state index contributed by atoms with van der Waals surface area (Å²) in [5, 5.41) is 0.685. The highest BCUT2D eigenvalue weighted by atomic mass is 35.5. The molecule has 0 bridgehead atoms. The lowest BCUT2D eigenvalue weighted by Gasteiger charge is -2.06. The summed E-state index contributed by atoms with van der Waals surface area (Å²) < 4.78 is 10.3. The quantitative estimate of drug-likeness (QED) is 0.840. The van der Waals surface area contributed by atoms with Crippen LogP contribution in [0.15, 0.2) is 45.6 Å². The van der Waals surface area contributed by atoms with Crippen molar-refractivity contribution in [3.8, 4) is 5.75 Å². The molecular formula is C13H11ClO3. The van der Waals surface area contributed by atoms with E-state index in [2.05, 4.69) is 0 Å². The Kier molecular flexibility index (Phi) is 3.49. The van der Waals surface area contributed by atoms with Gasteiger partial charge in [0, 0.05) is 11.1 Å². The molecule has 0 saturated carbocycles. The molecule has 1 aromatic carbocycles. The van der Waals surface area contributed by atoms with Gasteiger partial charge in [0.2, 0.25) is 0 Å². The van der Waals surface area contributed by atoms with Gasteiger partial charge >= 0.3 is 5.63 Å². The Morgan fingerprint density at radius 2 is 1.94 bits per heavy atom. The van der Waals surface area contributed by atoms with E-state index in [0.717, 1.165) is 5.56 Å². The van der Waals surface area contributed by atoms with E-state index in [1.54, 1.807) is 25.1 Å². The maximum Gasteiger partial charge on any atom is 0.339 e. The second-order valence-corrected chi connectivity index (χ2v) is 4.07. The monoisotopic (exact) mass is 250 g/mol. The molecule has 17 heavy (non-hydrogen) atoms. The summed E-state index contributed by atoms with van der Waals surface area (Å²) in [6.45, 7) is 2.09. The Labute approximate surface area is 104 Å². The van der Waals surface area contributed by atoms with Gasteiger partial charge in [-0.1, -0.05) is 23.7 Å². The molecule has 0 aliphatic carbocycles. The summed E-state index contributed by atoms with van der Waals surface area (Å²) in [5.74, 6) is 1.04. The fourth-order valence-corrected chi connectivity index (χ4v) is 1.53. The first-order valence-corrected chi connectivity index (χ1v) is 5.50. The van der Waals surface area contributed by atoms with Crippen molar-refractivity contribution < 1.29 is 9.15 Å². The fourth-order valence-electron chi connectivity index (χ4n) is 1.41. The molecule has 88 valence electrons. The van der Waals surface area contributed by atoms with Crippen LogP contribution in [0.3, 0.4) is 0 Å². The number of rotatable bonds is 3. The Bertz CT molecular complexity index is 558.